The van der Waals surface area contributed by atoms with Crippen molar-refractivity contribution in [3.63, 3.8) is 0 Å². The normalized spacial score (nSPS) is 12.4. The van der Waals surface area contributed by atoms with E-state index in [-0.39, 0.29) is 6.04 Å². The van der Waals surface area contributed by atoms with Crippen LogP contribution in [-0.4, -0.2) is 4.98 Å². The molecule has 2 aromatic rings. The van der Waals surface area contributed by atoms with E-state index in [4.69, 9.17) is 17.3 Å². The van der Waals surface area contributed by atoms with Crippen LogP contribution < -0.4 is 5.73 Å². The highest BCUT2D eigenvalue weighted by molar-refractivity contribution is 14.1. The fourth-order valence-corrected chi connectivity index (χ4v) is 2.60. The third-order valence-corrected chi connectivity index (χ3v) is 3.78. The summed E-state index contributed by atoms with van der Waals surface area (Å²) in [4.78, 5) is 3.99. The van der Waals surface area contributed by atoms with Gasteiger partial charge in [-0.1, -0.05) is 11.6 Å². The topological polar surface area (TPSA) is 38.9 Å². The summed E-state index contributed by atoms with van der Waals surface area (Å²) in [6.45, 7) is 0. The smallest absolute Gasteiger partial charge is 0.0410 e. The van der Waals surface area contributed by atoms with E-state index in [9.17, 15) is 0 Å². The second kappa shape index (κ2) is 5.80. The lowest BCUT2D eigenvalue weighted by Gasteiger charge is -2.14. The van der Waals surface area contributed by atoms with Gasteiger partial charge in [-0.05, 0) is 70.5 Å². The third kappa shape index (κ3) is 3.40. The molecule has 17 heavy (non-hydrogen) atoms. The van der Waals surface area contributed by atoms with Crippen LogP contribution >= 0.6 is 34.2 Å². The van der Waals surface area contributed by atoms with Gasteiger partial charge in [0.05, 0.1) is 0 Å². The SMILES string of the molecule is NC(Cc1ccncc1)c1cc(Cl)ccc1I. The van der Waals surface area contributed by atoms with Gasteiger partial charge in [-0.25, -0.2) is 0 Å². The summed E-state index contributed by atoms with van der Waals surface area (Å²) in [5, 5.41) is 0.727. The summed E-state index contributed by atoms with van der Waals surface area (Å²) in [5.41, 5.74) is 8.49. The zero-order valence-corrected chi connectivity index (χ0v) is 12.0. The third-order valence-electron chi connectivity index (χ3n) is 2.56. The highest BCUT2D eigenvalue weighted by atomic mass is 127. The minimum absolute atomic E-state index is 0.0389. The predicted molar refractivity (Wildman–Crippen MR) is 79.0 cm³/mol. The maximum absolute atomic E-state index is 6.21. The highest BCUT2D eigenvalue weighted by Crippen LogP contribution is 2.24. The molecular weight excluding hydrogens is 347 g/mol. The van der Waals surface area contributed by atoms with Crippen LogP contribution in [-0.2, 0) is 6.42 Å². The van der Waals surface area contributed by atoms with Crippen LogP contribution in [0.5, 0.6) is 0 Å². The fraction of sp³-hybridized carbons (Fsp3) is 0.154. The van der Waals surface area contributed by atoms with E-state index >= 15 is 0 Å². The number of nitrogens with zero attached hydrogens (tertiary/aromatic N) is 1. The van der Waals surface area contributed by atoms with Crippen molar-refractivity contribution in [3.05, 3.63) is 62.4 Å². The van der Waals surface area contributed by atoms with Crippen LogP contribution in [0.25, 0.3) is 0 Å². The summed E-state index contributed by atoms with van der Waals surface area (Å²) in [7, 11) is 0. The zero-order valence-electron chi connectivity index (χ0n) is 9.11. The van der Waals surface area contributed by atoms with Crippen molar-refractivity contribution < 1.29 is 0 Å². The quantitative estimate of drug-likeness (QED) is 0.852. The molecule has 0 aliphatic heterocycles. The first-order valence-corrected chi connectivity index (χ1v) is 6.72. The Morgan fingerprint density at radius 1 is 1.24 bits per heavy atom. The lowest BCUT2D eigenvalue weighted by atomic mass is 10.0. The largest absolute Gasteiger partial charge is 0.324 e. The molecule has 88 valence electrons. The zero-order chi connectivity index (χ0) is 12.3. The minimum Gasteiger partial charge on any atom is -0.324 e. The molecule has 1 atom stereocenters. The summed E-state index contributed by atoms with van der Waals surface area (Å²) >= 11 is 8.28. The van der Waals surface area contributed by atoms with Crippen molar-refractivity contribution in [2.24, 2.45) is 5.73 Å². The van der Waals surface area contributed by atoms with Gasteiger partial charge in [-0.2, -0.15) is 0 Å². The van der Waals surface area contributed by atoms with Gasteiger partial charge in [-0.15, -0.1) is 0 Å². The number of hydrogen-bond donors (Lipinski definition) is 1. The van der Waals surface area contributed by atoms with E-state index in [2.05, 4.69) is 27.6 Å². The van der Waals surface area contributed by atoms with Gasteiger partial charge >= 0.3 is 0 Å². The first-order chi connectivity index (χ1) is 8.16. The number of hydrogen-bond acceptors (Lipinski definition) is 2. The van der Waals surface area contributed by atoms with E-state index in [1.807, 2.05) is 30.3 Å². The van der Waals surface area contributed by atoms with E-state index in [1.165, 1.54) is 5.56 Å². The number of rotatable bonds is 3. The maximum Gasteiger partial charge on any atom is 0.0410 e. The van der Waals surface area contributed by atoms with Crippen LogP contribution in [0.1, 0.15) is 17.2 Å². The Labute approximate surface area is 119 Å². The molecule has 0 spiro atoms. The van der Waals surface area contributed by atoms with Crippen LogP contribution in [0.2, 0.25) is 5.02 Å². The number of benzene rings is 1. The lowest BCUT2D eigenvalue weighted by molar-refractivity contribution is 0.717. The molecule has 2 rings (SSSR count). The monoisotopic (exact) mass is 358 g/mol. The maximum atomic E-state index is 6.21. The Hall–Kier alpha value is -0.650. The average Bonchev–Trinajstić information content (AvgIpc) is 2.33. The van der Waals surface area contributed by atoms with E-state index in [1.54, 1.807) is 12.4 Å². The molecule has 0 amide bonds. The molecule has 1 aromatic heterocycles. The van der Waals surface area contributed by atoms with E-state index < -0.39 is 0 Å². The Kier molecular flexibility index (Phi) is 4.36. The molecule has 2 nitrogen and oxygen atoms in total. The predicted octanol–water partition coefficient (Wildman–Crippen LogP) is 3.58. The van der Waals surface area contributed by atoms with Crippen molar-refractivity contribution in [2.45, 2.75) is 12.5 Å². The molecule has 1 aromatic carbocycles. The molecule has 0 aliphatic rings. The van der Waals surface area contributed by atoms with Crippen molar-refractivity contribution in [2.75, 3.05) is 0 Å². The Bertz CT molecular complexity index is 502. The summed E-state index contributed by atoms with van der Waals surface area (Å²) in [6.07, 6.45) is 4.36. The Morgan fingerprint density at radius 3 is 2.65 bits per heavy atom. The van der Waals surface area contributed by atoms with Crippen LogP contribution in [0.4, 0.5) is 0 Å². The molecule has 0 bridgehead atoms. The molecule has 0 aliphatic carbocycles. The van der Waals surface area contributed by atoms with Crippen molar-refractivity contribution >= 4 is 34.2 Å². The Balaban J connectivity index is 2.20. The van der Waals surface area contributed by atoms with Gasteiger partial charge < -0.3 is 5.73 Å². The van der Waals surface area contributed by atoms with E-state index in [0.29, 0.717) is 0 Å². The molecule has 2 N–H and O–H groups in total. The average molecular weight is 359 g/mol. The molecule has 0 fully saturated rings. The van der Waals surface area contributed by atoms with Gasteiger partial charge in [-0.3, -0.25) is 4.98 Å². The van der Waals surface area contributed by atoms with Gasteiger partial charge in [0, 0.05) is 27.0 Å². The van der Waals surface area contributed by atoms with Crippen molar-refractivity contribution in [1.29, 1.82) is 0 Å². The molecule has 4 heteroatoms. The van der Waals surface area contributed by atoms with E-state index in [0.717, 1.165) is 20.6 Å². The minimum atomic E-state index is -0.0389. The summed E-state index contributed by atoms with van der Waals surface area (Å²) in [6, 6.07) is 9.74. The Morgan fingerprint density at radius 2 is 1.94 bits per heavy atom. The molecule has 0 radical (unpaired) electrons. The molecular formula is C13H12ClIN2. The summed E-state index contributed by atoms with van der Waals surface area (Å²) < 4.78 is 1.15. The fourth-order valence-electron chi connectivity index (χ4n) is 1.68. The lowest BCUT2D eigenvalue weighted by Crippen LogP contribution is -2.14. The first-order valence-electron chi connectivity index (χ1n) is 5.26. The standard InChI is InChI=1S/C13H12ClIN2/c14-10-1-2-12(15)11(8-10)13(16)7-9-3-5-17-6-4-9/h1-6,8,13H,7,16H2. The summed E-state index contributed by atoms with van der Waals surface area (Å²) in [5.74, 6) is 0. The molecule has 1 unspecified atom stereocenters. The van der Waals surface area contributed by atoms with Crippen LogP contribution in [0.15, 0.2) is 42.7 Å². The molecule has 1 heterocycles. The highest BCUT2D eigenvalue weighted by Gasteiger charge is 2.11. The van der Waals surface area contributed by atoms with Crippen molar-refractivity contribution in [3.8, 4) is 0 Å². The number of halogens is 2. The van der Waals surface area contributed by atoms with Gasteiger partial charge in [0.2, 0.25) is 0 Å². The molecule has 0 saturated carbocycles. The molecule has 0 saturated heterocycles. The number of nitrogens with two attached hydrogens (primary N) is 1. The van der Waals surface area contributed by atoms with Gasteiger partial charge in [0.15, 0.2) is 0 Å². The second-order valence-corrected chi connectivity index (χ2v) is 5.43. The second-order valence-electron chi connectivity index (χ2n) is 3.83. The van der Waals surface area contributed by atoms with Gasteiger partial charge in [0.1, 0.15) is 0 Å². The van der Waals surface area contributed by atoms with Gasteiger partial charge in [0.25, 0.3) is 0 Å². The number of pyridine rings is 1. The van der Waals surface area contributed by atoms with Crippen LogP contribution in [0, 0.1) is 3.57 Å². The number of aromatic nitrogens is 1. The van der Waals surface area contributed by atoms with Crippen molar-refractivity contribution in [1.82, 2.24) is 4.98 Å². The first kappa shape index (κ1) is 12.8. The van der Waals surface area contributed by atoms with Crippen LogP contribution in [0.3, 0.4) is 0 Å².